The largest absolute Gasteiger partial charge is 0.379 e. The van der Waals surface area contributed by atoms with Gasteiger partial charge in [-0.25, -0.2) is 9.78 Å². The van der Waals surface area contributed by atoms with Crippen molar-refractivity contribution in [1.82, 2.24) is 15.2 Å². The minimum absolute atomic E-state index is 0.255. The number of carbonyl (C=O) groups is 1. The van der Waals surface area contributed by atoms with E-state index in [1.165, 1.54) is 5.56 Å². The van der Waals surface area contributed by atoms with Gasteiger partial charge in [0.2, 0.25) is 0 Å². The summed E-state index contributed by atoms with van der Waals surface area (Å²) in [5, 5.41) is 5.62. The first kappa shape index (κ1) is 16.4. The van der Waals surface area contributed by atoms with Gasteiger partial charge in [-0.1, -0.05) is 30.3 Å². The van der Waals surface area contributed by atoms with E-state index in [1.807, 2.05) is 24.3 Å². The molecule has 1 saturated heterocycles. The molecule has 1 aliphatic rings. The molecule has 0 saturated carbocycles. The van der Waals surface area contributed by atoms with Crippen LogP contribution in [0.2, 0.25) is 0 Å². The zero-order valence-electron chi connectivity index (χ0n) is 13.6. The van der Waals surface area contributed by atoms with Gasteiger partial charge in [-0.15, -0.1) is 0 Å². The highest BCUT2D eigenvalue weighted by atomic mass is 16.5. The Balaban J connectivity index is 1.55. The van der Waals surface area contributed by atoms with Crippen molar-refractivity contribution in [1.29, 1.82) is 0 Å². The van der Waals surface area contributed by atoms with Crippen molar-refractivity contribution in [3.8, 4) is 0 Å². The van der Waals surface area contributed by atoms with E-state index in [4.69, 9.17) is 4.74 Å². The van der Waals surface area contributed by atoms with Crippen molar-refractivity contribution in [2.75, 3.05) is 31.6 Å². The van der Waals surface area contributed by atoms with Crippen molar-refractivity contribution in [3.05, 3.63) is 59.8 Å². The SMILES string of the molecule is O=C(NCc1ccccc1CN1CCOCC1)Nc1ccccn1. The van der Waals surface area contributed by atoms with Gasteiger partial charge < -0.3 is 10.1 Å². The third-order valence-electron chi connectivity index (χ3n) is 3.96. The van der Waals surface area contributed by atoms with Gasteiger partial charge >= 0.3 is 6.03 Å². The Labute approximate surface area is 141 Å². The molecule has 0 unspecified atom stereocenters. The first-order valence-electron chi connectivity index (χ1n) is 8.14. The standard InChI is InChI=1S/C18H22N4O2/c23-18(21-17-7-3-4-8-19-17)20-13-15-5-1-2-6-16(15)14-22-9-11-24-12-10-22/h1-8H,9-14H2,(H2,19,20,21,23). The molecule has 1 aliphatic heterocycles. The maximum Gasteiger partial charge on any atom is 0.320 e. The quantitative estimate of drug-likeness (QED) is 0.884. The second kappa shape index (κ2) is 8.42. The predicted molar refractivity (Wildman–Crippen MR) is 92.6 cm³/mol. The molecular formula is C18H22N4O2. The lowest BCUT2D eigenvalue weighted by Gasteiger charge is -2.27. The van der Waals surface area contributed by atoms with Crippen LogP contribution in [0.4, 0.5) is 10.6 Å². The minimum Gasteiger partial charge on any atom is -0.379 e. The molecule has 1 fully saturated rings. The molecule has 0 aliphatic carbocycles. The topological polar surface area (TPSA) is 66.5 Å². The Morgan fingerprint density at radius 3 is 2.58 bits per heavy atom. The van der Waals surface area contributed by atoms with Crippen molar-refractivity contribution in [2.45, 2.75) is 13.1 Å². The fourth-order valence-electron chi connectivity index (χ4n) is 2.66. The maximum atomic E-state index is 12.0. The number of rotatable bonds is 5. The van der Waals surface area contributed by atoms with E-state index in [-0.39, 0.29) is 6.03 Å². The molecule has 3 rings (SSSR count). The lowest BCUT2D eigenvalue weighted by Crippen LogP contribution is -2.36. The van der Waals surface area contributed by atoms with E-state index in [1.54, 1.807) is 12.3 Å². The highest BCUT2D eigenvalue weighted by Gasteiger charge is 2.13. The first-order chi connectivity index (χ1) is 11.8. The van der Waals surface area contributed by atoms with Crippen molar-refractivity contribution in [3.63, 3.8) is 0 Å². The average molecular weight is 326 g/mol. The summed E-state index contributed by atoms with van der Waals surface area (Å²) in [5.41, 5.74) is 2.36. The highest BCUT2D eigenvalue weighted by Crippen LogP contribution is 2.13. The molecule has 24 heavy (non-hydrogen) atoms. The van der Waals surface area contributed by atoms with Crippen LogP contribution in [0.5, 0.6) is 0 Å². The monoisotopic (exact) mass is 326 g/mol. The lowest BCUT2D eigenvalue weighted by molar-refractivity contribution is 0.0341. The van der Waals surface area contributed by atoms with Crippen LogP contribution >= 0.6 is 0 Å². The van der Waals surface area contributed by atoms with E-state index in [0.29, 0.717) is 12.4 Å². The second-order valence-corrected chi connectivity index (χ2v) is 5.68. The van der Waals surface area contributed by atoms with Gasteiger partial charge in [-0.2, -0.15) is 0 Å². The first-order valence-corrected chi connectivity index (χ1v) is 8.14. The molecule has 1 aromatic carbocycles. The van der Waals surface area contributed by atoms with Crippen LogP contribution in [0.25, 0.3) is 0 Å². The second-order valence-electron chi connectivity index (χ2n) is 5.68. The van der Waals surface area contributed by atoms with Crippen LogP contribution in [0, 0.1) is 0 Å². The van der Waals surface area contributed by atoms with Gasteiger partial charge in [0, 0.05) is 32.4 Å². The lowest BCUT2D eigenvalue weighted by atomic mass is 10.1. The third-order valence-corrected chi connectivity index (χ3v) is 3.96. The Morgan fingerprint density at radius 2 is 1.83 bits per heavy atom. The van der Waals surface area contributed by atoms with E-state index < -0.39 is 0 Å². The van der Waals surface area contributed by atoms with Crippen LogP contribution < -0.4 is 10.6 Å². The number of nitrogens with one attached hydrogen (secondary N) is 2. The molecule has 1 aromatic heterocycles. The van der Waals surface area contributed by atoms with Gasteiger partial charge in [0.05, 0.1) is 13.2 Å². The molecule has 0 atom stereocenters. The molecule has 2 amide bonds. The molecule has 0 bridgehead atoms. The summed E-state index contributed by atoms with van der Waals surface area (Å²) in [6.07, 6.45) is 1.65. The van der Waals surface area contributed by atoms with Crippen LogP contribution in [0.3, 0.4) is 0 Å². The number of pyridine rings is 1. The fraction of sp³-hybridized carbons (Fsp3) is 0.333. The molecule has 2 heterocycles. The molecule has 0 spiro atoms. The Bertz CT molecular complexity index is 657. The number of urea groups is 1. The van der Waals surface area contributed by atoms with Crippen LogP contribution in [0.15, 0.2) is 48.7 Å². The number of carbonyl (C=O) groups excluding carboxylic acids is 1. The number of ether oxygens (including phenoxy) is 1. The van der Waals surface area contributed by atoms with E-state index in [2.05, 4.69) is 32.7 Å². The molecule has 126 valence electrons. The molecular weight excluding hydrogens is 304 g/mol. The number of hydrogen-bond acceptors (Lipinski definition) is 4. The van der Waals surface area contributed by atoms with Crippen molar-refractivity contribution >= 4 is 11.8 Å². The zero-order valence-corrected chi connectivity index (χ0v) is 13.6. The van der Waals surface area contributed by atoms with Crippen molar-refractivity contribution in [2.24, 2.45) is 0 Å². The Kier molecular flexibility index (Phi) is 5.76. The van der Waals surface area contributed by atoms with E-state index in [9.17, 15) is 4.79 Å². The van der Waals surface area contributed by atoms with Gasteiger partial charge in [0.15, 0.2) is 0 Å². The van der Waals surface area contributed by atoms with Gasteiger partial charge in [-0.3, -0.25) is 10.2 Å². The van der Waals surface area contributed by atoms with Gasteiger partial charge in [0.1, 0.15) is 5.82 Å². The predicted octanol–water partition coefficient (Wildman–Crippen LogP) is 2.24. The molecule has 0 radical (unpaired) electrons. The number of amides is 2. The van der Waals surface area contributed by atoms with E-state index in [0.717, 1.165) is 38.4 Å². The summed E-state index contributed by atoms with van der Waals surface area (Å²) in [5.74, 6) is 0.539. The smallest absolute Gasteiger partial charge is 0.320 e. The summed E-state index contributed by atoms with van der Waals surface area (Å²) in [6.45, 7) is 4.83. The number of anilines is 1. The summed E-state index contributed by atoms with van der Waals surface area (Å²) in [7, 11) is 0. The third kappa shape index (κ3) is 4.78. The minimum atomic E-state index is -0.255. The normalized spacial score (nSPS) is 15.0. The van der Waals surface area contributed by atoms with Gasteiger partial charge in [0.25, 0.3) is 0 Å². The number of morpholine rings is 1. The number of hydrogen-bond donors (Lipinski definition) is 2. The summed E-state index contributed by atoms with van der Waals surface area (Å²) in [6, 6.07) is 13.3. The van der Waals surface area contributed by atoms with Crippen LogP contribution in [-0.4, -0.2) is 42.2 Å². The van der Waals surface area contributed by atoms with Crippen LogP contribution in [0.1, 0.15) is 11.1 Å². The number of aromatic nitrogens is 1. The Hall–Kier alpha value is -2.44. The van der Waals surface area contributed by atoms with Crippen LogP contribution in [-0.2, 0) is 17.8 Å². The number of benzene rings is 1. The molecule has 6 heteroatoms. The summed E-state index contributed by atoms with van der Waals surface area (Å²) in [4.78, 5) is 18.4. The summed E-state index contributed by atoms with van der Waals surface area (Å²) < 4.78 is 5.39. The number of nitrogens with zero attached hydrogens (tertiary/aromatic N) is 2. The average Bonchev–Trinajstić information content (AvgIpc) is 2.63. The van der Waals surface area contributed by atoms with Crippen molar-refractivity contribution < 1.29 is 9.53 Å². The highest BCUT2D eigenvalue weighted by molar-refractivity contribution is 5.88. The maximum absolute atomic E-state index is 12.0. The van der Waals surface area contributed by atoms with Gasteiger partial charge in [-0.05, 0) is 23.3 Å². The fourth-order valence-corrected chi connectivity index (χ4v) is 2.66. The summed E-state index contributed by atoms with van der Waals surface area (Å²) >= 11 is 0. The molecule has 6 nitrogen and oxygen atoms in total. The zero-order chi connectivity index (χ0) is 16.6. The van der Waals surface area contributed by atoms with E-state index >= 15 is 0 Å². The molecule has 2 aromatic rings. The Morgan fingerprint density at radius 1 is 1.08 bits per heavy atom. The molecule has 2 N–H and O–H groups in total.